The van der Waals surface area contributed by atoms with Crippen molar-refractivity contribution in [2.75, 3.05) is 40.9 Å². The number of carbonyl (C=O) groups excluding carboxylic acids is 2. The average molecular weight is 1110 g/mol. The van der Waals surface area contributed by atoms with Crippen molar-refractivity contribution in [1.29, 1.82) is 0 Å². The van der Waals surface area contributed by atoms with Gasteiger partial charge in [-0.05, 0) is 96.0 Å². The van der Waals surface area contributed by atoms with E-state index in [1.165, 1.54) is 167 Å². The summed E-state index contributed by atoms with van der Waals surface area (Å²) in [5, 5.41) is 3.03. The highest BCUT2D eigenvalue weighted by molar-refractivity contribution is 7.45. The lowest BCUT2D eigenvalue weighted by Crippen LogP contribution is -2.47. The van der Waals surface area contributed by atoms with Gasteiger partial charge >= 0.3 is 5.97 Å². The number of nitrogens with zero attached hydrogens (tertiary/aromatic N) is 1. The Labute approximate surface area is 483 Å². The van der Waals surface area contributed by atoms with Gasteiger partial charge in [-0.2, -0.15) is 0 Å². The number of carbonyl (C=O) groups is 2. The number of hydrogen-bond donors (Lipinski definition) is 1. The molecule has 0 aliphatic rings. The third-order valence-electron chi connectivity index (χ3n) is 14.4. The van der Waals surface area contributed by atoms with Crippen LogP contribution in [0.3, 0.4) is 0 Å². The van der Waals surface area contributed by atoms with E-state index in [-0.39, 0.29) is 24.9 Å². The minimum Gasteiger partial charge on any atom is -0.756 e. The molecule has 0 aromatic rings. The summed E-state index contributed by atoms with van der Waals surface area (Å²) < 4.78 is 30.3. The number of amides is 1. The molecule has 0 aromatic heterocycles. The summed E-state index contributed by atoms with van der Waals surface area (Å²) in [6.45, 7) is 6.79. The molecular weight excluding hydrogens is 988 g/mol. The number of esters is 1. The van der Waals surface area contributed by atoms with E-state index in [1.807, 2.05) is 33.3 Å². The summed E-state index contributed by atoms with van der Waals surface area (Å²) in [5.41, 5.74) is 0. The number of quaternary nitrogens is 1. The molecule has 10 heteroatoms. The Bertz CT molecular complexity index is 1570. The minimum atomic E-state index is -4.70. The van der Waals surface area contributed by atoms with Crippen LogP contribution in [0.4, 0.5) is 0 Å². The second-order valence-corrected chi connectivity index (χ2v) is 24.7. The van der Waals surface area contributed by atoms with Crippen LogP contribution in [0.1, 0.15) is 297 Å². The Morgan fingerprint density at radius 1 is 0.462 bits per heavy atom. The maximum absolute atomic E-state index is 13.6. The van der Waals surface area contributed by atoms with Gasteiger partial charge in [0.15, 0.2) is 0 Å². The molecule has 0 aromatic carbocycles. The Morgan fingerprint density at radius 2 is 0.821 bits per heavy atom. The van der Waals surface area contributed by atoms with Crippen molar-refractivity contribution in [3.63, 3.8) is 0 Å². The number of allylic oxidation sites excluding steroid dienone is 11. The smallest absolute Gasteiger partial charge is 0.306 e. The van der Waals surface area contributed by atoms with Crippen LogP contribution >= 0.6 is 7.82 Å². The first-order valence-electron chi connectivity index (χ1n) is 32.8. The molecule has 9 nitrogen and oxygen atoms in total. The summed E-state index contributed by atoms with van der Waals surface area (Å²) in [6.07, 6.45) is 74.4. The largest absolute Gasteiger partial charge is 0.756 e. The van der Waals surface area contributed by atoms with E-state index >= 15 is 0 Å². The van der Waals surface area contributed by atoms with Gasteiger partial charge in [0, 0.05) is 12.8 Å². The van der Waals surface area contributed by atoms with Gasteiger partial charge < -0.3 is 28.5 Å². The quantitative estimate of drug-likeness (QED) is 0.0161. The summed E-state index contributed by atoms with van der Waals surface area (Å²) in [4.78, 5) is 40.0. The van der Waals surface area contributed by atoms with Gasteiger partial charge in [-0.1, -0.05) is 261 Å². The van der Waals surface area contributed by atoms with Crippen LogP contribution in [0.25, 0.3) is 0 Å². The van der Waals surface area contributed by atoms with E-state index in [1.54, 1.807) is 0 Å². The molecule has 0 saturated carbocycles. The highest BCUT2D eigenvalue weighted by Gasteiger charge is 2.27. The summed E-state index contributed by atoms with van der Waals surface area (Å²) in [5.74, 6) is -0.552. The van der Waals surface area contributed by atoms with Crippen molar-refractivity contribution in [3.05, 3.63) is 72.9 Å². The highest BCUT2D eigenvalue weighted by atomic mass is 31.2. The van der Waals surface area contributed by atoms with E-state index in [9.17, 15) is 19.0 Å². The van der Waals surface area contributed by atoms with E-state index in [0.717, 1.165) is 96.3 Å². The van der Waals surface area contributed by atoms with E-state index in [4.69, 9.17) is 13.8 Å². The number of nitrogens with one attached hydrogen (secondary N) is 1. The Kier molecular flexibility index (Phi) is 55.8. The van der Waals surface area contributed by atoms with Crippen molar-refractivity contribution in [3.8, 4) is 0 Å². The Balaban J connectivity index is 5.12. The molecule has 3 atom stereocenters. The van der Waals surface area contributed by atoms with Gasteiger partial charge in [0.25, 0.3) is 7.82 Å². The summed E-state index contributed by atoms with van der Waals surface area (Å²) in [7, 11) is 1.18. The molecule has 0 aliphatic heterocycles. The van der Waals surface area contributed by atoms with Crippen molar-refractivity contribution in [1.82, 2.24) is 5.32 Å². The lowest BCUT2D eigenvalue weighted by atomic mass is 10.0. The van der Waals surface area contributed by atoms with Crippen molar-refractivity contribution >= 4 is 19.7 Å². The van der Waals surface area contributed by atoms with Gasteiger partial charge in [0.2, 0.25) is 5.91 Å². The van der Waals surface area contributed by atoms with Crippen LogP contribution in [0, 0.1) is 0 Å². The fraction of sp³-hybridized carbons (Fsp3) is 0.794. The zero-order valence-corrected chi connectivity index (χ0v) is 52.8. The van der Waals surface area contributed by atoms with Crippen LogP contribution in [0.2, 0.25) is 0 Å². The minimum absolute atomic E-state index is 0.0262. The standard InChI is InChI=1S/C68H125N2O7P/c1-7-10-13-16-19-22-25-28-30-31-32-33-34-35-36-37-38-39-41-42-45-48-51-54-57-60-67(71)69-65(64-76-78(73,74)75-63-62-70(4,5)6)66(59-56-53-50-47-44-27-24-21-18-15-12-9-3)77-68(72)61-58-55-52-49-46-43-40-29-26-23-20-17-14-11-8-2/h19-20,22-23,26,28-30,32-33,56,59,65-66H,7-18,21,24-25,27,31,34-55,57-58,60-64H2,1-6H3,(H-,69,71,73,74)/b22-19-,23-20+,29-26+,30-28-,33-32-,59-56-. The topological polar surface area (TPSA) is 114 Å². The first-order valence-corrected chi connectivity index (χ1v) is 34.2. The molecular formula is C68H125N2O7P. The van der Waals surface area contributed by atoms with Gasteiger partial charge in [-0.15, -0.1) is 0 Å². The molecule has 0 radical (unpaired) electrons. The number of likely N-dealkylation sites (N-methyl/N-ethyl adjacent to an activating group) is 1. The van der Waals surface area contributed by atoms with Crippen LogP contribution < -0.4 is 10.2 Å². The third-order valence-corrected chi connectivity index (χ3v) is 15.4. The third kappa shape index (κ3) is 58.1. The highest BCUT2D eigenvalue weighted by Crippen LogP contribution is 2.38. The predicted octanol–water partition coefficient (Wildman–Crippen LogP) is 19.8. The molecule has 0 aliphatic carbocycles. The van der Waals surface area contributed by atoms with Gasteiger partial charge in [-0.3, -0.25) is 14.2 Å². The number of phosphoric acid groups is 1. The lowest BCUT2D eigenvalue weighted by molar-refractivity contribution is -0.870. The van der Waals surface area contributed by atoms with Crippen molar-refractivity contribution < 1.29 is 37.3 Å². The average Bonchev–Trinajstić information content (AvgIpc) is 3.40. The second-order valence-electron chi connectivity index (χ2n) is 23.3. The Hall–Kier alpha value is -2.55. The SMILES string of the molecule is CCCCC/C=C\C/C=C\C/C=C\CCCCCCCCCCCCCCC(=O)NC(COP(=O)([O-])OCC[N+](C)(C)C)C(/C=C\CCCCCCCCCCCC)OC(=O)CCCCCCCC/C=C/C=C/CCCCC. The molecule has 0 spiro atoms. The van der Waals surface area contributed by atoms with Crippen LogP contribution in [-0.4, -0.2) is 69.4 Å². The number of hydrogen-bond acceptors (Lipinski definition) is 7. The van der Waals surface area contributed by atoms with Crippen LogP contribution in [-0.2, 0) is 27.9 Å². The molecule has 0 bridgehead atoms. The summed E-state index contributed by atoms with van der Waals surface area (Å²) >= 11 is 0. The monoisotopic (exact) mass is 1110 g/mol. The van der Waals surface area contributed by atoms with E-state index in [2.05, 4.69) is 86.8 Å². The number of unbranched alkanes of at least 4 members (excludes halogenated alkanes) is 34. The number of rotatable bonds is 59. The van der Waals surface area contributed by atoms with Gasteiger partial charge in [-0.25, -0.2) is 0 Å². The molecule has 3 unspecified atom stereocenters. The first-order chi connectivity index (χ1) is 37.9. The molecule has 78 heavy (non-hydrogen) atoms. The zero-order chi connectivity index (χ0) is 57.2. The molecule has 0 saturated heterocycles. The molecule has 1 N–H and O–H groups in total. The predicted molar refractivity (Wildman–Crippen MR) is 335 cm³/mol. The molecule has 0 heterocycles. The van der Waals surface area contributed by atoms with Crippen molar-refractivity contribution in [2.45, 2.75) is 309 Å². The first kappa shape index (κ1) is 75.5. The second kappa shape index (κ2) is 57.7. The normalized spacial score (nSPS) is 14.1. The van der Waals surface area contributed by atoms with Crippen molar-refractivity contribution in [2.24, 2.45) is 0 Å². The van der Waals surface area contributed by atoms with Gasteiger partial charge in [0.05, 0.1) is 33.8 Å². The summed E-state index contributed by atoms with van der Waals surface area (Å²) in [6, 6.07) is -0.896. The maximum Gasteiger partial charge on any atom is 0.306 e. The van der Waals surface area contributed by atoms with Crippen LogP contribution in [0.5, 0.6) is 0 Å². The molecule has 0 rings (SSSR count). The van der Waals surface area contributed by atoms with Gasteiger partial charge in [0.1, 0.15) is 19.3 Å². The van der Waals surface area contributed by atoms with Crippen LogP contribution in [0.15, 0.2) is 72.9 Å². The number of phosphoric ester groups is 1. The molecule has 454 valence electrons. The number of ether oxygens (including phenoxy) is 1. The van der Waals surface area contributed by atoms with E-state index in [0.29, 0.717) is 17.4 Å². The van der Waals surface area contributed by atoms with E-state index < -0.39 is 26.6 Å². The lowest BCUT2D eigenvalue weighted by Gasteiger charge is -2.30. The Morgan fingerprint density at radius 3 is 1.27 bits per heavy atom. The maximum atomic E-state index is 13.6. The fourth-order valence-electron chi connectivity index (χ4n) is 9.29. The molecule has 1 amide bonds. The molecule has 0 fully saturated rings. The fourth-order valence-corrected chi connectivity index (χ4v) is 10.0. The zero-order valence-electron chi connectivity index (χ0n) is 51.9.